The summed E-state index contributed by atoms with van der Waals surface area (Å²) in [6.45, 7) is 1.79. The molecule has 1 heterocycles. The van der Waals surface area contributed by atoms with E-state index in [4.69, 9.17) is 11.6 Å². The third kappa shape index (κ3) is 4.79. The Bertz CT molecular complexity index is 1110. The van der Waals surface area contributed by atoms with Gasteiger partial charge in [0, 0.05) is 24.4 Å². The molecule has 2 amide bonds. The zero-order valence-corrected chi connectivity index (χ0v) is 18.5. The van der Waals surface area contributed by atoms with Gasteiger partial charge in [-0.15, -0.1) is 0 Å². The van der Waals surface area contributed by atoms with Crippen LogP contribution in [0.3, 0.4) is 0 Å². The minimum Gasteiger partial charge on any atom is -0.325 e. The summed E-state index contributed by atoms with van der Waals surface area (Å²) in [7, 11) is -3.86. The van der Waals surface area contributed by atoms with Crippen molar-refractivity contribution in [2.75, 3.05) is 22.5 Å². The Morgan fingerprint density at radius 2 is 2.00 bits per heavy atom. The minimum absolute atomic E-state index is 0.0159. The summed E-state index contributed by atoms with van der Waals surface area (Å²) in [4.78, 5) is 25.6. The molecular formula is C19H17BrClFN2O4S. The Kier molecular flexibility index (Phi) is 6.30. The lowest BCUT2D eigenvalue weighted by Gasteiger charge is -2.19. The van der Waals surface area contributed by atoms with Gasteiger partial charge in [0.05, 0.1) is 27.0 Å². The second-order valence-electron chi connectivity index (χ2n) is 6.57. The number of sulfone groups is 1. The molecule has 0 aromatic heterocycles. The third-order valence-corrected chi connectivity index (χ3v) is 7.01. The lowest BCUT2D eigenvalue weighted by molar-refractivity contribution is -0.117. The molecule has 0 aliphatic carbocycles. The number of hydrogen-bond donors (Lipinski definition) is 1. The molecule has 0 unspecified atom stereocenters. The molecule has 0 bridgehead atoms. The van der Waals surface area contributed by atoms with Gasteiger partial charge in [-0.25, -0.2) is 12.8 Å². The molecule has 154 valence electrons. The molecule has 1 aliphatic rings. The number of carbonyl (C=O) groups is 2. The molecule has 1 N–H and O–H groups in total. The maximum Gasteiger partial charge on any atom is 0.225 e. The highest BCUT2D eigenvalue weighted by molar-refractivity contribution is 9.10. The molecule has 2 aromatic carbocycles. The second-order valence-corrected chi connectivity index (χ2v) is 9.97. The van der Waals surface area contributed by atoms with E-state index in [0.29, 0.717) is 23.1 Å². The number of nitrogens with zero attached hydrogens (tertiary/aromatic N) is 1. The first-order chi connectivity index (χ1) is 13.6. The van der Waals surface area contributed by atoms with E-state index in [1.165, 1.54) is 24.0 Å². The number of hydrogen-bond acceptors (Lipinski definition) is 4. The van der Waals surface area contributed by atoms with Crippen molar-refractivity contribution in [1.82, 2.24) is 0 Å². The molecule has 2 aromatic rings. The minimum atomic E-state index is -3.86. The van der Waals surface area contributed by atoms with Crippen LogP contribution in [0.2, 0.25) is 5.02 Å². The molecule has 0 radical (unpaired) electrons. The number of carbonyl (C=O) groups excluding carboxylic acids is 2. The van der Waals surface area contributed by atoms with Crippen molar-refractivity contribution >= 4 is 60.6 Å². The zero-order chi connectivity index (χ0) is 21.3. The van der Waals surface area contributed by atoms with Crippen LogP contribution in [0, 0.1) is 5.82 Å². The predicted molar refractivity (Wildman–Crippen MR) is 113 cm³/mol. The lowest BCUT2D eigenvalue weighted by Crippen LogP contribution is -2.27. The van der Waals surface area contributed by atoms with Crippen LogP contribution >= 0.6 is 27.5 Å². The first-order valence-electron chi connectivity index (χ1n) is 8.66. The number of rotatable bonds is 5. The van der Waals surface area contributed by atoms with E-state index in [-0.39, 0.29) is 27.9 Å². The fourth-order valence-corrected chi connectivity index (χ4v) is 5.55. The Hall–Kier alpha value is -1.97. The fourth-order valence-electron chi connectivity index (χ4n) is 3.16. The van der Waals surface area contributed by atoms with E-state index in [1.54, 1.807) is 6.07 Å². The van der Waals surface area contributed by atoms with Crippen molar-refractivity contribution in [3.8, 4) is 0 Å². The molecule has 0 saturated heterocycles. The van der Waals surface area contributed by atoms with Crippen LogP contribution in [0.5, 0.6) is 0 Å². The van der Waals surface area contributed by atoms with Crippen LogP contribution in [-0.4, -0.2) is 32.5 Å². The third-order valence-electron chi connectivity index (χ3n) is 4.51. The monoisotopic (exact) mass is 502 g/mol. The summed E-state index contributed by atoms with van der Waals surface area (Å²) in [5.41, 5.74) is 1.33. The van der Waals surface area contributed by atoms with Crippen molar-refractivity contribution < 1.29 is 22.4 Å². The first kappa shape index (κ1) is 21.7. The van der Waals surface area contributed by atoms with Crippen LogP contribution in [-0.2, 0) is 25.8 Å². The highest BCUT2D eigenvalue weighted by atomic mass is 79.9. The average Bonchev–Trinajstić information content (AvgIpc) is 3.05. The zero-order valence-electron chi connectivity index (χ0n) is 15.3. The predicted octanol–water partition coefficient (Wildman–Crippen LogP) is 3.95. The molecule has 0 saturated carbocycles. The van der Waals surface area contributed by atoms with Crippen LogP contribution in [0.4, 0.5) is 15.8 Å². The number of benzene rings is 2. The molecule has 1 aliphatic heterocycles. The van der Waals surface area contributed by atoms with Gasteiger partial charge in [0.25, 0.3) is 0 Å². The molecule has 3 rings (SSSR count). The van der Waals surface area contributed by atoms with Gasteiger partial charge in [-0.2, -0.15) is 0 Å². The number of nitrogens with one attached hydrogen (secondary N) is 1. The maximum atomic E-state index is 13.1. The van der Waals surface area contributed by atoms with Gasteiger partial charge < -0.3 is 10.2 Å². The normalized spacial score (nSPS) is 13.3. The largest absolute Gasteiger partial charge is 0.325 e. The number of fused-ring (bicyclic) bond motifs is 1. The van der Waals surface area contributed by atoms with Crippen LogP contribution in [0.15, 0.2) is 39.7 Å². The average molecular weight is 504 g/mol. The topological polar surface area (TPSA) is 83.6 Å². The van der Waals surface area contributed by atoms with Gasteiger partial charge in [0.15, 0.2) is 9.84 Å². The fraction of sp³-hybridized carbons (Fsp3) is 0.263. The van der Waals surface area contributed by atoms with E-state index in [9.17, 15) is 22.4 Å². The molecular weight excluding hydrogens is 487 g/mol. The van der Waals surface area contributed by atoms with Gasteiger partial charge >= 0.3 is 0 Å². The van der Waals surface area contributed by atoms with Crippen molar-refractivity contribution in [2.45, 2.75) is 24.7 Å². The summed E-state index contributed by atoms with van der Waals surface area (Å²) in [5.74, 6) is -1.82. The molecule has 0 spiro atoms. The molecule has 0 atom stereocenters. The summed E-state index contributed by atoms with van der Waals surface area (Å²) in [6.07, 6.45) is 0.234. The Labute approximate surface area is 181 Å². The summed E-state index contributed by atoms with van der Waals surface area (Å²) in [6, 6.07) is 6.73. The number of anilines is 2. The summed E-state index contributed by atoms with van der Waals surface area (Å²) >= 11 is 9.18. The van der Waals surface area contributed by atoms with Crippen molar-refractivity contribution in [3.05, 3.63) is 51.2 Å². The highest BCUT2D eigenvalue weighted by Gasteiger charge is 2.31. The lowest BCUT2D eigenvalue weighted by atomic mass is 10.2. The van der Waals surface area contributed by atoms with Crippen molar-refractivity contribution in [1.29, 1.82) is 0 Å². The second kappa shape index (κ2) is 8.41. The smallest absolute Gasteiger partial charge is 0.225 e. The van der Waals surface area contributed by atoms with Crippen molar-refractivity contribution in [2.24, 2.45) is 0 Å². The van der Waals surface area contributed by atoms with Gasteiger partial charge in [-0.05, 0) is 42.3 Å². The van der Waals surface area contributed by atoms with Gasteiger partial charge in [-0.1, -0.05) is 27.5 Å². The van der Waals surface area contributed by atoms with E-state index in [0.717, 1.165) is 17.7 Å². The van der Waals surface area contributed by atoms with Gasteiger partial charge in [-0.3, -0.25) is 9.59 Å². The van der Waals surface area contributed by atoms with Crippen LogP contribution < -0.4 is 10.2 Å². The molecule has 6 nitrogen and oxygen atoms in total. The molecule has 0 fully saturated rings. The Morgan fingerprint density at radius 1 is 1.28 bits per heavy atom. The quantitative estimate of drug-likeness (QED) is 0.670. The Balaban J connectivity index is 1.80. The van der Waals surface area contributed by atoms with Crippen molar-refractivity contribution in [3.63, 3.8) is 0 Å². The number of amides is 2. The SMILES string of the molecule is CC(=O)N1CCc2cc(Br)cc(S(=O)(=O)CCC(=O)Nc3ccc(F)cc3Cl)c21. The summed E-state index contributed by atoms with van der Waals surface area (Å²) < 4.78 is 39.6. The molecule has 10 heteroatoms. The maximum absolute atomic E-state index is 13.1. The van der Waals surface area contributed by atoms with E-state index < -0.39 is 27.3 Å². The number of halogens is 3. The summed E-state index contributed by atoms with van der Waals surface area (Å²) in [5, 5.41) is 2.49. The van der Waals surface area contributed by atoms with Crippen LogP contribution in [0.25, 0.3) is 0 Å². The first-order valence-corrected chi connectivity index (χ1v) is 11.5. The van der Waals surface area contributed by atoms with Gasteiger partial charge in [0.1, 0.15) is 5.82 Å². The van der Waals surface area contributed by atoms with Crippen LogP contribution in [0.1, 0.15) is 18.9 Å². The highest BCUT2D eigenvalue weighted by Crippen LogP contribution is 2.38. The molecule has 29 heavy (non-hydrogen) atoms. The van der Waals surface area contributed by atoms with E-state index in [2.05, 4.69) is 21.2 Å². The van der Waals surface area contributed by atoms with E-state index >= 15 is 0 Å². The Morgan fingerprint density at radius 3 is 2.66 bits per heavy atom. The van der Waals surface area contributed by atoms with Gasteiger partial charge in [0.2, 0.25) is 11.8 Å². The standard InChI is InChI=1S/C19H17BrClFN2O4S/c1-11(25)24-6-4-12-8-13(20)9-17(19(12)24)29(27,28)7-5-18(26)23-16-3-2-14(22)10-15(16)21/h2-3,8-10H,4-7H2,1H3,(H,23,26). The van der Waals surface area contributed by atoms with E-state index in [1.807, 2.05) is 0 Å².